The van der Waals surface area contributed by atoms with Crippen molar-refractivity contribution in [1.82, 2.24) is 5.32 Å². The molecule has 0 amide bonds. The largest absolute Gasteiger partial charge is 0.497 e. The van der Waals surface area contributed by atoms with Crippen molar-refractivity contribution < 1.29 is 9.53 Å². The summed E-state index contributed by atoms with van der Waals surface area (Å²) in [4.78, 5) is 12.8. The molecule has 0 spiro atoms. The number of ether oxygens (including phenoxy) is 1. The minimum atomic E-state index is -0.304. The van der Waals surface area contributed by atoms with Crippen LogP contribution in [-0.2, 0) is 0 Å². The maximum atomic E-state index is 12.8. The number of ketones is 1. The molecule has 0 radical (unpaired) electrons. The first-order valence-electron chi connectivity index (χ1n) is 7.73. The molecule has 0 aromatic heterocycles. The van der Waals surface area contributed by atoms with Crippen molar-refractivity contribution in [2.75, 3.05) is 13.7 Å². The van der Waals surface area contributed by atoms with E-state index in [2.05, 4.69) is 12.2 Å². The highest BCUT2D eigenvalue weighted by atomic mass is 16.5. The summed E-state index contributed by atoms with van der Waals surface area (Å²) in [6.07, 6.45) is 2.16. The van der Waals surface area contributed by atoms with Gasteiger partial charge in [-0.3, -0.25) is 4.79 Å². The Kier molecular flexibility index (Phi) is 6.16. The molecule has 2 aromatic carbocycles. The van der Waals surface area contributed by atoms with E-state index in [0.29, 0.717) is 5.56 Å². The monoisotopic (exact) mass is 297 g/mol. The van der Waals surface area contributed by atoms with Gasteiger partial charge < -0.3 is 10.1 Å². The minimum Gasteiger partial charge on any atom is -0.497 e. The summed E-state index contributed by atoms with van der Waals surface area (Å²) in [7, 11) is 1.62. The smallest absolute Gasteiger partial charge is 0.184 e. The third-order valence-electron chi connectivity index (χ3n) is 3.65. The lowest BCUT2D eigenvalue weighted by Crippen LogP contribution is -2.29. The van der Waals surface area contributed by atoms with Crippen LogP contribution in [0.2, 0.25) is 0 Å². The van der Waals surface area contributed by atoms with Gasteiger partial charge in [-0.05, 0) is 42.8 Å². The Morgan fingerprint density at radius 1 is 1.09 bits per heavy atom. The van der Waals surface area contributed by atoms with E-state index in [1.54, 1.807) is 7.11 Å². The summed E-state index contributed by atoms with van der Waals surface area (Å²) < 4.78 is 5.15. The second-order valence-corrected chi connectivity index (χ2v) is 5.24. The Labute approximate surface area is 132 Å². The van der Waals surface area contributed by atoms with Gasteiger partial charge >= 0.3 is 0 Å². The van der Waals surface area contributed by atoms with E-state index in [9.17, 15) is 4.79 Å². The van der Waals surface area contributed by atoms with Crippen molar-refractivity contribution in [3.63, 3.8) is 0 Å². The lowest BCUT2D eigenvalue weighted by molar-refractivity contribution is 0.0943. The summed E-state index contributed by atoms with van der Waals surface area (Å²) in [5.41, 5.74) is 1.69. The van der Waals surface area contributed by atoms with Crippen LogP contribution in [0.25, 0.3) is 0 Å². The van der Waals surface area contributed by atoms with Crippen molar-refractivity contribution in [2.24, 2.45) is 0 Å². The van der Waals surface area contributed by atoms with Gasteiger partial charge in [0.25, 0.3) is 0 Å². The molecule has 0 saturated carbocycles. The Bertz CT molecular complexity index is 578. The lowest BCUT2D eigenvalue weighted by atomic mass is 9.97. The Balaban J connectivity index is 2.20. The number of hydrogen-bond donors (Lipinski definition) is 1. The molecule has 1 atom stereocenters. The average Bonchev–Trinajstić information content (AvgIpc) is 2.59. The van der Waals surface area contributed by atoms with Crippen molar-refractivity contribution in [1.29, 1.82) is 0 Å². The first-order valence-corrected chi connectivity index (χ1v) is 7.73. The normalized spacial score (nSPS) is 11.9. The average molecular weight is 297 g/mol. The molecule has 3 nitrogen and oxygen atoms in total. The van der Waals surface area contributed by atoms with E-state index < -0.39 is 0 Å². The molecule has 0 saturated heterocycles. The fraction of sp³-hybridized carbons (Fsp3) is 0.316. The third-order valence-corrected chi connectivity index (χ3v) is 3.65. The van der Waals surface area contributed by atoms with Gasteiger partial charge in [0.05, 0.1) is 13.2 Å². The highest BCUT2D eigenvalue weighted by molar-refractivity contribution is 6.00. The minimum absolute atomic E-state index is 0.0879. The molecule has 0 aliphatic carbocycles. The summed E-state index contributed by atoms with van der Waals surface area (Å²) in [5, 5.41) is 3.38. The summed E-state index contributed by atoms with van der Waals surface area (Å²) in [6.45, 7) is 2.97. The molecule has 3 heteroatoms. The maximum Gasteiger partial charge on any atom is 0.184 e. The van der Waals surface area contributed by atoms with Gasteiger partial charge in [0.2, 0.25) is 0 Å². The second-order valence-electron chi connectivity index (χ2n) is 5.24. The van der Waals surface area contributed by atoms with E-state index in [1.165, 1.54) is 0 Å². The highest BCUT2D eigenvalue weighted by Crippen LogP contribution is 2.20. The first kappa shape index (κ1) is 16.2. The quantitative estimate of drug-likeness (QED) is 0.591. The predicted octanol–water partition coefficient (Wildman–Crippen LogP) is 4.01. The van der Waals surface area contributed by atoms with Gasteiger partial charge in [-0.15, -0.1) is 0 Å². The van der Waals surface area contributed by atoms with Crippen molar-refractivity contribution in [3.05, 3.63) is 65.7 Å². The molecule has 0 heterocycles. The van der Waals surface area contributed by atoms with Crippen LogP contribution in [0, 0.1) is 0 Å². The second kappa shape index (κ2) is 8.35. The zero-order valence-corrected chi connectivity index (χ0v) is 13.2. The van der Waals surface area contributed by atoms with E-state index in [1.807, 2.05) is 54.6 Å². The van der Waals surface area contributed by atoms with Crippen LogP contribution in [-0.4, -0.2) is 19.4 Å². The number of benzene rings is 2. The van der Waals surface area contributed by atoms with Crippen LogP contribution in [0.4, 0.5) is 0 Å². The molecular weight excluding hydrogens is 274 g/mol. The SMILES string of the molecule is CCCCNC(C(=O)c1ccc(OC)cc1)c1ccccc1. The van der Waals surface area contributed by atoms with E-state index in [0.717, 1.165) is 30.7 Å². The van der Waals surface area contributed by atoms with E-state index in [4.69, 9.17) is 4.74 Å². The third kappa shape index (κ3) is 4.18. The molecule has 1 unspecified atom stereocenters. The topological polar surface area (TPSA) is 38.3 Å². The van der Waals surface area contributed by atoms with Crippen molar-refractivity contribution in [2.45, 2.75) is 25.8 Å². The Morgan fingerprint density at radius 3 is 2.36 bits per heavy atom. The number of nitrogens with one attached hydrogen (secondary N) is 1. The number of carbonyl (C=O) groups is 1. The molecule has 0 aliphatic rings. The van der Waals surface area contributed by atoms with Gasteiger partial charge in [0.15, 0.2) is 5.78 Å². The molecule has 2 rings (SSSR count). The molecular formula is C19H23NO2. The van der Waals surface area contributed by atoms with Gasteiger partial charge in [-0.25, -0.2) is 0 Å². The van der Waals surface area contributed by atoms with Crippen molar-refractivity contribution >= 4 is 5.78 Å². The van der Waals surface area contributed by atoms with E-state index in [-0.39, 0.29) is 11.8 Å². The molecule has 22 heavy (non-hydrogen) atoms. The summed E-state index contributed by atoms with van der Waals surface area (Å²) >= 11 is 0. The van der Waals surface area contributed by atoms with Gasteiger partial charge in [-0.2, -0.15) is 0 Å². The van der Waals surface area contributed by atoms with Crippen LogP contribution < -0.4 is 10.1 Å². The predicted molar refractivity (Wildman–Crippen MR) is 89.4 cm³/mol. The molecule has 116 valence electrons. The van der Waals surface area contributed by atoms with Gasteiger partial charge in [-0.1, -0.05) is 43.7 Å². The summed E-state index contributed by atoms with van der Waals surface area (Å²) in [5.74, 6) is 0.844. The number of hydrogen-bond acceptors (Lipinski definition) is 3. The van der Waals surface area contributed by atoms with Crippen molar-refractivity contribution in [3.8, 4) is 5.75 Å². The van der Waals surface area contributed by atoms with Gasteiger partial charge in [0, 0.05) is 5.56 Å². The van der Waals surface area contributed by atoms with Crippen LogP contribution >= 0.6 is 0 Å². The van der Waals surface area contributed by atoms with Crippen LogP contribution in [0.1, 0.15) is 41.7 Å². The van der Waals surface area contributed by atoms with Crippen LogP contribution in [0.15, 0.2) is 54.6 Å². The van der Waals surface area contributed by atoms with Crippen LogP contribution in [0.3, 0.4) is 0 Å². The Hall–Kier alpha value is -2.13. The zero-order valence-electron chi connectivity index (χ0n) is 13.2. The number of rotatable bonds is 8. The number of methoxy groups -OCH3 is 1. The number of carbonyl (C=O) groups excluding carboxylic acids is 1. The van der Waals surface area contributed by atoms with Gasteiger partial charge in [0.1, 0.15) is 5.75 Å². The molecule has 0 aliphatic heterocycles. The standard InChI is InChI=1S/C19H23NO2/c1-3-4-14-20-18(15-8-6-5-7-9-15)19(21)16-10-12-17(22-2)13-11-16/h5-13,18,20H,3-4,14H2,1-2H3. The number of Topliss-reactive ketones (excluding diaryl/α,β-unsaturated/α-hetero) is 1. The highest BCUT2D eigenvalue weighted by Gasteiger charge is 2.21. The fourth-order valence-corrected chi connectivity index (χ4v) is 2.35. The first-order chi connectivity index (χ1) is 10.8. The molecule has 1 N–H and O–H groups in total. The molecule has 2 aromatic rings. The zero-order chi connectivity index (χ0) is 15.8. The number of unbranched alkanes of at least 4 members (excludes halogenated alkanes) is 1. The molecule has 0 fully saturated rings. The van der Waals surface area contributed by atoms with Crippen LogP contribution in [0.5, 0.6) is 5.75 Å². The lowest BCUT2D eigenvalue weighted by Gasteiger charge is -2.18. The van der Waals surface area contributed by atoms with E-state index >= 15 is 0 Å². The molecule has 0 bridgehead atoms. The Morgan fingerprint density at radius 2 is 1.77 bits per heavy atom. The fourth-order valence-electron chi connectivity index (χ4n) is 2.35. The summed E-state index contributed by atoms with van der Waals surface area (Å²) in [6, 6.07) is 16.8. The maximum absolute atomic E-state index is 12.8.